The van der Waals surface area contributed by atoms with Gasteiger partial charge in [0.1, 0.15) is 6.04 Å². The molecule has 1 aliphatic rings. The van der Waals surface area contributed by atoms with E-state index in [1.54, 1.807) is 18.2 Å². The van der Waals surface area contributed by atoms with Crippen molar-refractivity contribution in [2.75, 3.05) is 31.5 Å². The number of amides is 3. The number of urea groups is 1. The first-order valence-electron chi connectivity index (χ1n) is 8.27. The van der Waals surface area contributed by atoms with Crippen LogP contribution in [0, 0.1) is 0 Å². The van der Waals surface area contributed by atoms with Gasteiger partial charge >= 0.3 is 6.03 Å². The first kappa shape index (κ1) is 18.4. The number of ether oxygens (including phenoxy) is 3. The number of anilines is 2. The standard InChI is InChI=1S/C19H21N3O5/c1-25-15-9-12(10-16(26-2)17(15)27-3)21-19(24)22-13-7-5-4-6-11(13)8-14(22)18(20)23/h4-7,9-10,14H,8H2,1-3H3,(H2,20,23)(H,21,24)/t14-/m0/s1. The fourth-order valence-corrected chi connectivity index (χ4v) is 3.20. The number of hydrogen-bond acceptors (Lipinski definition) is 5. The number of para-hydroxylation sites is 1. The number of rotatable bonds is 5. The minimum Gasteiger partial charge on any atom is -0.493 e. The van der Waals surface area contributed by atoms with Crippen LogP contribution in [0.2, 0.25) is 0 Å². The van der Waals surface area contributed by atoms with Crippen LogP contribution in [0.3, 0.4) is 0 Å². The number of carbonyl (C=O) groups is 2. The van der Waals surface area contributed by atoms with E-state index in [2.05, 4.69) is 5.32 Å². The van der Waals surface area contributed by atoms with Crippen LogP contribution < -0.4 is 30.2 Å². The Morgan fingerprint density at radius 3 is 2.26 bits per heavy atom. The van der Waals surface area contributed by atoms with Crippen molar-refractivity contribution in [3.05, 3.63) is 42.0 Å². The summed E-state index contributed by atoms with van der Waals surface area (Å²) in [4.78, 5) is 26.2. The molecule has 1 atom stereocenters. The van der Waals surface area contributed by atoms with Gasteiger partial charge < -0.3 is 25.3 Å². The van der Waals surface area contributed by atoms with E-state index < -0.39 is 18.0 Å². The van der Waals surface area contributed by atoms with Crippen LogP contribution in [0.4, 0.5) is 16.2 Å². The second kappa shape index (κ2) is 7.45. The fourth-order valence-electron chi connectivity index (χ4n) is 3.20. The van der Waals surface area contributed by atoms with Gasteiger partial charge in [-0.2, -0.15) is 0 Å². The third-order valence-corrected chi connectivity index (χ3v) is 4.44. The van der Waals surface area contributed by atoms with E-state index in [-0.39, 0.29) is 0 Å². The van der Waals surface area contributed by atoms with Gasteiger partial charge in [-0.1, -0.05) is 18.2 Å². The number of benzene rings is 2. The number of fused-ring (bicyclic) bond motifs is 1. The Kier molecular flexibility index (Phi) is 5.07. The minimum absolute atomic E-state index is 0.383. The summed E-state index contributed by atoms with van der Waals surface area (Å²) >= 11 is 0. The Morgan fingerprint density at radius 1 is 1.07 bits per heavy atom. The van der Waals surface area contributed by atoms with Gasteiger partial charge in [-0.05, 0) is 11.6 Å². The van der Waals surface area contributed by atoms with Gasteiger partial charge in [0.25, 0.3) is 0 Å². The number of hydrogen-bond donors (Lipinski definition) is 2. The molecule has 0 saturated heterocycles. The summed E-state index contributed by atoms with van der Waals surface area (Å²) in [6.07, 6.45) is 0.383. The maximum absolute atomic E-state index is 12.9. The molecule has 3 N–H and O–H groups in total. The van der Waals surface area contributed by atoms with Crippen molar-refractivity contribution < 1.29 is 23.8 Å². The summed E-state index contributed by atoms with van der Waals surface area (Å²) in [6.45, 7) is 0. The first-order valence-corrected chi connectivity index (χ1v) is 8.27. The van der Waals surface area contributed by atoms with E-state index in [0.29, 0.717) is 35.0 Å². The molecule has 3 amide bonds. The van der Waals surface area contributed by atoms with Crippen molar-refractivity contribution in [3.8, 4) is 17.2 Å². The number of nitrogens with zero attached hydrogens (tertiary/aromatic N) is 1. The monoisotopic (exact) mass is 371 g/mol. The van der Waals surface area contributed by atoms with Crippen LogP contribution >= 0.6 is 0 Å². The van der Waals surface area contributed by atoms with E-state index >= 15 is 0 Å². The molecule has 0 aliphatic carbocycles. The molecule has 1 heterocycles. The predicted molar refractivity (Wildman–Crippen MR) is 101 cm³/mol. The highest BCUT2D eigenvalue weighted by atomic mass is 16.5. The lowest BCUT2D eigenvalue weighted by atomic mass is 10.1. The van der Waals surface area contributed by atoms with E-state index in [4.69, 9.17) is 19.9 Å². The summed E-state index contributed by atoms with van der Waals surface area (Å²) in [5.41, 5.74) is 7.49. The first-order chi connectivity index (χ1) is 13.0. The average Bonchev–Trinajstić information content (AvgIpc) is 3.07. The molecule has 142 valence electrons. The smallest absolute Gasteiger partial charge is 0.327 e. The number of methoxy groups -OCH3 is 3. The molecule has 3 rings (SSSR count). The lowest BCUT2D eigenvalue weighted by Crippen LogP contribution is -2.47. The van der Waals surface area contributed by atoms with Gasteiger partial charge in [0.2, 0.25) is 11.7 Å². The van der Waals surface area contributed by atoms with Crippen molar-refractivity contribution in [2.45, 2.75) is 12.5 Å². The van der Waals surface area contributed by atoms with Crippen LogP contribution in [-0.4, -0.2) is 39.3 Å². The Balaban J connectivity index is 1.94. The molecule has 0 bridgehead atoms. The molecule has 2 aromatic carbocycles. The second-order valence-electron chi connectivity index (χ2n) is 5.97. The van der Waals surface area contributed by atoms with Crippen LogP contribution in [0.1, 0.15) is 5.56 Å². The highest BCUT2D eigenvalue weighted by molar-refractivity contribution is 6.08. The van der Waals surface area contributed by atoms with Crippen molar-refractivity contribution >= 4 is 23.3 Å². The molecule has 0 fully saturated rings. The Morgan fingerprint density at radius 2 is 1.70 bits per heavy atom. The van der Waals surface area contributed by atoms with Gasteiger partial charge in [-0.3, -0.25) is 9.69 Å². The number of nitrogens with one attached hydrogen (secondary N) is 1. The third kappa shape index (κ3) is 3.33. The van der Waals surface area contributed by atoms with Crippen molar-refractivity contribution in [3.63, 3.8) is 0 Å². The zero-order valence-corrected chi connectivity index (χ0v) is 15.3. The predicted octanol–water partition coefficient (Wildman–Crippen LogP) is 2.16. The molecule has 27 heavy (non-hydrogen) atoms. The largest absolute Gasteiger partial charge is 0.493 e. The maximum Gasteiger partial charge on any atom is 0.327 e. The summed E-state index contributed by atoms with van der Waals surface area (Å²) in [5.74, 6) is 0.659. The molecule has 8 nitrogen and oxygen atoms in total. The van der Waals surface area contributed by atoms with Gasteiger partial charge in [0.15, 0.2) is 11.5 Å². The summed E-state index contributed by atoms with van der Waals surface area (Å²) in [6, 6.07) is 9.33. The minimum atomic E-state index is -0.746. The van der Waals surface area contributed by atoms with Gasteiger partial charge in [-0.25, -0.2) is 4.79 Å². The molecule has 0 unspecified atom stereocenters. The molecule has 1 aliphatic heterocycles. The fraction of sp³-hybridized carbons (Fsp3) is 0.263. The van der Waals surface area contributed by atoms with E-state index in [1.165, 1.54) is 26.2 Å². The zero-order valence-electron chi connectivity index (χ0n) is 15.3. The maximum atomic E-state index is 12.9. The number of primary amides is 1. The summed E-state index contributed by atoms with van der Waals surface area (Å²) in [5, 5.41) is 2.77. The molecule has 0 saturated carbocycles. The Hall–Kier alpha value is -3.42. The summed E-state index contributed by atoms with van der Waals surface area (Å²) < 4.78 is 15.9. The lowest BCUT2D eigenvalue weighted by Gasteiger charge is -2.24. The Bertz CT molecular complexity index is 858. The molecule has 2 aromatic rings. The van der Waals surface area contributed by atoms with Crippen LogP contribution in [0.25, 0.3) is 0 Å². The van der Waals surface area contributed by atoms with Gasteiger partial charge in [-0.15, -0.1) is 0 Å². The van der Waals surface area contributed by atoms with Crippen LogP contribution in [0.5, 0.6) is 17.2 Å². The van der Waals surface area contributed by atoms with Crippen LogP contribution in [-0.2, 0) is 11.2 Å². The topological polar surface area (TPSA) is 103 Å². The highest BCUT2D eigenvalue weighted by Gasteiger charge is 2.37. The molecule has 0 spiro atoms. The van der Waals surface area contributed by atoms with Crippen molar-refractivity contribution in [1.29, 1.82) is 0 Å². The van der Waals surface area contributed by atoms with Gasteiger partial charge in [0.05, 0.1) is 27.0 Å². The molecular formula is C19H21N3O5. The molecule has 0 radical (unpaired) electrons. The number of nitrogens with two attached hydrogens (primary N) is 1. The quantitative estimate of drug-likeness (QED) is 0.838. The third-order valence-electron chi connectivity index (χ3n) is 4.44. The van der Waals surface area contributed by atoms with E-state index in [1.807, 2.05) is 18.2 Å². The number of carbonyl (C=O) groups excluding carboxylic acids is 2. The Labute approximate surface area is 156 Å². The molecule has 8 heteroatoms. The average molecular weight is 371 g/mol. The SMILES string of the molecule is COc1cc(NC(=O)N2c3ccccc3C[C@H]2C(N)=O)cc(OC)c1OC. The molecular weight excluding hydrogens is 350 g/mol. The van der Waals surface area contributed by atoms with E-state index in [0.717, 1.165) is 5.56 Å². The zero-order chi connectivity index (χ0) is 19.6. The van der Waals surface area contributed by atoms with E-state index in [9.17, 15) is 9.59 Å². The van der Waals surface area contributed by atoms with Crippen molar-refractivity contribution in [1.82, 2.24) is 0 Å². The summed E-state index contributed by atoms with van der Waals surface area (Å²) in [7, 11) is 4.47. The van der Waals surface area contributed by atoms with Gasteiger partial charge in [0, 0.05) is 24.2 Å². The molecule has 0 aromatic heterocycles. The second-order valence-corrected chi connectivity index (χ2v) is 5.97. The van der Waals surface area contributed by atoms with Crippen LogP contribution in [0.15, 0.2) is 36.4 Å². The lowest BCUT2D eigenvalue weighted by molar-refractivity contribution is -0.119. The van der Waals surface area contributed by atoms with Crippen molar-refractivity contribution in [2.24, 2.45) is 5.73 Å². The normalized spacial score (nSPS) is 15.1. The highest BCUT2D eigenvalue weighted by Crippen LogP contribution is 2.40.